The van der Waals surface area contributed by atoms with Gasteiger partial charge >= 0.3 is 0 Å². The third kappa shape index (κ3) is 4.58. The van der Waals surface area contributed by atoms with E-state index in [1.807, 2.05) is 31.2 Å². The molecule has 1 N–H and O–H groups in total. The molecule has 3 radical (unpaired) electrons. The number of anilines is 1. The number of nitrogens with one attached hydrogen (secondary N) is 1. The van der Waals surface area contributed by atoms with Crippen molar-refractivity contribution in [2.75, 3.05) is 12.0 Å². The molecule has 1 aromatic carbocycles. The molecule has 1 aromatic rings. The molecule has 1 rings (SSSR count). The minimum atomic E-state index is 0. The van der Waals surface area contributed by atoms with Crippen molar-refractivity contribution in [3.8, 4) is 0 Å². The molecular weight excluding hydrogens is 248 g/mol. The van der Waals surface area contributed by atoms with Gasteiger partial charge < -0.3 is 12.3 Å². The van der Waals surface area contributed by atoms with Crippen LogP contribution < -0.4 is 5.43 Å². The monoisotopic (exact) mass is 262 g/mol. The Morgan fingerprint density at radius 2 is 1.93 bits per heavy atom. The van der Waals surface area contributed by atoms with Gasteiger partial charge in [0.1, 0.15) is 0 Å². The van der Waals surface area contributed by atoms with E-state index in [4.69, 9.17) is 7.98 Å². The molecule has 14 heavy (non-hydrogen) atoms. The van der Waals surface area contributed by atoms with Gasteiger partial charge in [-0.3, -0.25) is 4.92 Å². The van der Waals surface area contributed by atoms with E-state index >= 15 is 0 Å². The largest absolute Gasteiger partial charge is 0.339 e. The average molecular weight is 262 g/mol. The van der Waals surface area contributed by atoms with Crippen LogP contribution in [0, 0.1) is 6.92 Å². The molecule has 0 atom stereocenters. The predicted molar refractivity (Wildman–Crippen MR) is 57.3 cm³/mol. The third-order valence-corrected chi connectivity index (χ3v) is 1.86. The van der Waals surface area contributed by atoms with Gasteiger partial charge in [0.2, 0.25) is 7.98 Å². The second kappa shape index (κ2) is 7.44. The molecule has 0 unspecified atom stereocenters. The van der Waals surface area contributed by atoms with E-state index in [9.17, 15) is 0 Å². The van der Waals surface area contributed by atoms with Crippen molar-refractivity contribution in [3.63, 3.8) is 0 Å². The summed E-state index contributed by atoms with van der Waals surface area (Å²) in [5, 5.41) is 0. The molecule has 0 bridgehead atoms. The predicted octanol–water partition coefficient (Wildman–Crippen LogP) is 1.79. The number of rotatable bonds is 4. The van der Waals surface area contributed by atoms with Crippen LogP contribution in [0.2, 0.25) is 0 Å². The van der Waals surface area contributed by atoms with Gasteiger partial charge in [0.15, 0.2) is 0 Å². The van der Waals surface area contributed by atoms with E-state index < -0.39 is 0 Å². The van der Waals surface area contributed by atoms with Gasteiger partial charge in [0, 0.05) is 44.9 Å². The van der Waals surface area contributed by atoms with Crippen molar-refractivity contribution < 1.29 is 32.7 Å². The summed E-state index contributed by atoms with van der Waals surface area (Å²) in [6.45, 7) is 6.55. The second-order valence-electron chi connectivity index (χ2n) is 2.84. The van der Waals surface area contributed by atoms with Crippen LogP contribution in [-0.2, 0) is 39.1 Å². The molecule has 0 saturated carbocycles. The number of hydrazine groups is 1. The van der Waals surface area contributed by atoms with E-state index in [0.29, 0.717) is 0 Å². The van der Waals surface area contributed by atoms with E-state index in [-0.39, 0.29) is 32.7 Å². The summed E-state index contributed by atoms with van der Waals surface area (Å²) in [4.78, 5) is 1.54. The first kappa shape index (κ1) is 14.1. The van der Waals surface area contributed by atoms with Crippen molar-refractivity contribution in [3.05, 3.63) is 36.8 Å². The Balaban J connectivity index is 0.00000169. The molecule has 0 aliphatic heterocycles. The zero-order valence-corrected chi connectivity index (χ0v) is 11.4. The Morgan fingerprint density at radius 3 is 2.36 bits per heavy atom. The fraction of sp³-hybridized carbons (Fsp3) is 0.300. The van der Waals surface area contributed by atoms with Crippen LogP contribution in [0.15, 0.2) is 24.3 Å². The molecular formula is C10H14BN2Y-. The maximum absolute atomic E-state index is 5.59. The Morgan fingerprint density at radius 1 is 1.36 bits per heavy atom. The number of hydrogen-bond donors (Lipinski definition) is 1. The van der Waals surface area contributed by atoms with E-state index in [1.165, 1.54) is 5.56 Å². The van der Waals surface area contributed by atoms with E-state index in [2.05, 4.69) is 12.3 Å². The van der Waals surface area contributed by atoms with E-state index in [0.717, 1.165) is 18.7 Å². The number of hydrogen-bond acceptors (Lipinski definition) is 2. The van der Waals surface area contributed by atoms with Crippen LogP contribution in [0.5, 0.6) is 0 Å². The fourth-order valence-electron chi connectivity index (χ4n) is 0.991. The molecule has 0 aromatic heterocycles. The fourth-order valence-corrected chi connectivity index (χ4v) is 0.991. The summed E-state index contributed by atoms with van der Waals surface area (Å²) in [5.74, 6) is 0. The van der Waals surface area contributed by atoms with E-state index in [1.54, 1.807) is 4.92 Å². The molecule has 0 fully saturated rings. The van der Waals surface area contributed by atoms with Crippen LogP contribution in [0.25, 0.3) is 0 Å². The van der Waals surface area contributed by atoms with Gasteiger partial charge in [0.05, 0.1) is 0 Å². The van der Waals surface area contributed by atoms with Crippen LogP contribution in [0.1, 0.15) is 12.5 Å². The first-order valence-electron chi connectivity index (χ1n) is 4.43. The molecule has 2 nitrogen and oxygen atoms in total. The Kier molecular flexibility index (Phi) is 7.52. The van der Waals surface area contributed by atoms with Crippen molar-refractivity contribution >= 4 is 13.7 Å². The maximum Gasteiger partial charge on any atom is 0.214 e. The summed E-state index contributed by atoms with van der Waals surface area (Å²) < 4.78 is 0. The minimum absolute atomic E-state index is 0. The van der Waals surface area contributed by atoms with Gasteiger partial charge in [-0.05, 0) is 12.1 Å². The van der Waals surface area contributed by atoms with Crippen LogP contribution >= 0.6 is 0 Å². The van der Waals surface area contributed by atoms with Crippen molar-refractivity contribution in [2.45, 2.75) is 13.3 Å². The van der Waals surface area contributed by atoms with Crippen molar-refractivity contribution in [1.82, 2.24) is 4.92 Å². The quantitative estimate of drug-likeness (QED) is 0.505. The van der Waals surface area contributed by atoms with Gasteiger partial charge in [-0.2, -0.15) is 6.42 Å². The van der Waals surface area contributed by atoms with Crippen LogP contribution in [-0.4, -0.2) is 19.4 Å². The minimum Gasteiger partial charge on any atom is -0.339 e. The summed E-state index contributed by atoms with van der Waals surface area (Å²) in [7, 11) is 5.59. The Bertz CT molecular complexity index is 251. The van der Waals surface area contributed by atoms with Crippen molar-refractivity contribution in [2.24, 2.45) is 0 Å². The van der Waals surface area contributed by atoms with Gasteiger partial charge in [-0.15, -0.1) is 0 Å². The van der Waals surface area contributed by atoms with Gasteiger partial charge in [0.25, 0.3) is 0 Å². The SMILES string of the molecule is [B]N(CC)Nc1ccc(C[CH2-])cc1.[Y]. The zero-order chi connectivity index (χ0) is 9.68. The van der Waals surface area contributed by atoms with Gasteiger partial charge in [-0.25, -0.2) is 0 Å². The maximum atomic E-state index is 5.59. The number of benzene rings is 1. The van der Waals surface area contributed by atoms with Crippen LogP contribution in [0.3, 0.4) is 0 Å². The summed E-state index contributed by atoms with van der Waals surface area (Å²) in [5.41, 5.74) is 5.26. The molecule has 0 heterocycles. The average Bonchev–Trinajstić information content (AvgIpc) is 2.19. The van der Waals surface area contributed by atoms with Crippen LogP contribution in [0.4, 0.5) is 5.69 Å². The normalized spacial score (nSPS) is 9.64. The summed E-state index contributed by atoms with van der Waals surface area (Å²) in [6.07, 6.45) is 0.820. The summed E-state index contributed by atoms with van der Waals surface area (Å²) in [6, 6.07) is 8.07. The second-order valence-corrected chi connectivity index (χ2v) is 2.84. The molecule has 0 aliphatic rings. The molecule has 0 aliphatic carbocycles. The molecule has 0 spiro atoms. The third-order valence-electron chi connectivity index (χ3n) is 1.86. The first-order valence-corrected chi connectivity index (χ1v) is 4.43. The Labute approximate surface area is 113 Å². The topological polar surface area (TPSA) is 15.3 Å². The standard InChI is InChI=1S/C10H14BN2.Y/c1-3-9-5-7-10(8-6-9)12-13(11)4-2;/h5-8,12H,1,3-4H2,2H3;/q-1;. The van der Waals surface area contributed by atoms with Crippen molar-refractivity contribution in [1.29, 1.82) is 0 Å². The molecule has 4 heteroatoms. The van der Waals surface area contributed by atoms with Gasteiger partial charge in [-0.1, -0.05) is 24.6 Å². The molecule has 0 saturated heterocycles. The molecule has 0 amide bonds. The Hall–Kier alpha value is 0.149. The number of nitrogens with zero attached hydrogens (tertiary/aromatic N) is 1. The smallest absolute Gasteiger partial charge is 0.214 e. The first-order chi connectivity index (χ1) is 6.26. The zero-order valence-electron chi connectivity index (χ0n) is 8.53. The molecule has 71 valence electrons. The summed E-state index contributed by atoms with van der Waals surface area (Å²) >= 11 is 0.